The molecule has 9 nitrogen and oxygen atoms in total. The third kappa shape index (κ3) is 2.89. The Labute approximate surface area is 122 Å². The Morgan fingerprint density at radius 1 is 1.48 bits per heavy atom. The van der Waals surface area contributed by atoms with Crippen molar-refractivity contribution in [3.05, 3.63) is 23.2 Å². The molecule has 10 heteroatoms. The molecule has 2 rings (SSSR count). The number of thiophene rings is 1. The molecular formula is C11H11N5O4S. The van der Waals surface area contributed by atoms with Crippen molar-refractivity contribution in [2.75, 3.05) is 0 Å². The number of nitrogens with one attached hydrogen (secondary N) is 1. The second kappa shape index (κ2) is 5.71. The van der Waals surface area contributed by atoms with Gasteiger partial charge >= 0.3 is 12.0 Å². The number of primary amides is 1. The molecule has 110 valence electrons. The van der Waals surface area contributed by atoms with E-state index in [4.69, 9.17) is 10.8 Å². The van der Waals surface area contributed by atoms with Crippen molar-refractivity contribution in [3.8, 4) is 10.6 Å². The topological polar surface area (TPSA) is 140 Å². The van der Waals surface area contributed by atoms with Crippen LogP contribution in [0.2, 0.25) is 0 Å². The van der Waals surface area contributed by atoms with Crippen molar-refractivity contribution in [3.63, 3.8) is 0 Å². The molecule has 0 saturated heterocycles. The minimum absolute atomic E-state index is 0.199. The summed E-state index contributed by atoms with van der Waals surface area (Å²) in [7, 11) is 0. The summed E-state index contributed by atoms with van der Waals surface area (Å²) in [6, 6.07) is 1.47. The number of rotatable bonds is 4. The summed E-state index contributed by atoms with van der Waals surface area (Å²) in [5, 5.41) is 20.1. The number of aromatic nitrogens is 3. The molecule has 4 N–H and O–H groups in total. The van der Waals surface area contributed by atoms with Crippen molar-refractivity contribution in [2.45, 2.75) is 13.0 Å². The van der Waals surface area contributed by atoms with Gasteiger partial charge in [0.15, 0.2) is 5.69 Å². The van der Waals surface area contributed by atoms with Crippen molar-refractivity contribution in [1.29, 1.82) is 0 Å². The Balaban J connectivity index is 2.47. The van der Waals surface area contributed by atoms with Gasteiger partial charge in [-0.15, -0.1) is 16.4 Å². The van der Waals surface area contributed by atoms with Gasteiger partial charge < -0.3 is 10.8 Å². The van der Waals surface area contributed by atoms with Gasteiger partial charge in [0.1, 0.15) is 11.7 Å². The van der Waals surface area contributed by atoms with Crippen molar-refractivity contribution >= 4 is 29.2 Å². The zero-order valence-electron chi connectivity index (χ0n) is 10.8. The highest BCUT2D eigenvalue weighted by atomic mass is 32.1. The van der Waals surface area contributed by atoms with Crippen LogP contribution in [0.15, 0.2) is 17.5 Å². The predicted octanol–water partition coefficient (Wildman–Crippen LogP) is 0.461. The highest BCUT2D eigenvalue weighted by Crippen LogP contribution is 2.29. The summed E-state index contributed by atoms with van der Waals surface area (Å²) in [5.41, 5.74) is 4.82. The zero-order chi connectivity index (χ0) is 15.6. The van der Waals surface area contributed by atoms with Gasteiger partial charge in [0.05, 0.1) is 4.88 Å². The molecular weight excluding hydrogens is 298 g/mol. The van der Waals surface area contributed by atoms with E-state index >= 15 is 0 Å². The van der Waals surface area contributed by atoms with E-state index in [9.17, 15) is 14.4 Å². The quantitative estimate of drug-likeness (QED) is 0.749. The lowest BCUT2D eigenvalue weighted by Crippen LogP contribution is -2.39. The maximum absolute atomic E-state index is 11.8. The molecule has 2 heterocycles. The smallest absolute Gasteiger partial charge is 0.358 e. The van der Waals surface area contributed by atoms with Gasteiger partial charge in [0.2, 0.25) is 0 Å². The van der Waals surface area contributed by atoms with E-state index in [0.717, 1.165) is 4.68 Å². The van der Waals surface area contributed by atoms with Crippen LogP contribution < -0.4 is 11.1 Å². The van der Waals surface area contributed by atoms with Crippen molar-refractivity contribution in [1.82, 2.24) is 20.3 Å². The number of hydrogen-bond acceptors (Lipinski definition) is 6. The van der Waals surface area contributed by atoms with E-state index in [-0.39, 0.29) is 11.4 Å². The van der Waals surface area contributed by atoms with Crippen LogP contribution in [-0.2, 0) is 4.79 Å². The van der Waals surface area contributed by atoms with E-state index in [1.165, 1.54) is 18.3 Å². The lowest BCUT2D eigenvalue weighted by atomic mass is 10.2. The number of imide groups is 1. The average Bonchev–Trinajstić information content (AvgIpc) is 3.05. The molecule has 0 aliphatic heterocycles. The first-order valence-corrected chi connectivity index (χ1v) is 6.62. The summed E-state index contributed by atoms with van der Waals surface area (Å²) in [6.07, 6.45) is 0. The fourth-order valence-electron chi connectivity index (χ4n) is 1.69. The lowest BCUT2D eigenvalue weighted by Gasteiger charge is -2.12. The molecule has 21 heavy (non-hydrogen) atoms. The first kappa shape index (κ1) is 14.7. The number of carboxylic acids is 1. The number of aromatic carboxylic acids is 1. The predicted molar refractivity (Wildman–Crippen MR) is 72.7 cm³/mol. The second-order valence-corrected chi connectivity index (χ2v) is 4.99. The van der Waals surface area contributed by atoms with Crippen LogP contribution in [0.25, 0.3) is 10.6 Å². The standard InChI is InChI=1S/C11H11N5O4S/c1-5(9(17)13-11(12)20)16-8(6-3-2-4-21-6)7(10(18)19)14-15-16/h2-5H,1H3,(H,18,19)(H3,12,13,17,20). The number of carbonyl (C=O) groups excluding carboxylic acids is 2. The van der Waals surface area contributed by atoms with E-state index in [1.54, 1.807) is 17.5 Å². The normalized spacial score (nSPS) is 11.9. The highest BCUT2D eigenvalue weighted by molar-refractivity contribution is 7.13. The second-order valence-electron chi connectivity index (χ2n) is 4.04. The fourth-order valence-corrected chi connectivity index (χ4v) is 2.45. The fraction of sp³-hybridized carbons (Fsp3) is 0.182. The molecule has 0 bridgehead atoms. The Morgan fingerprint density at radius 3 is 2.71 bits per heavy atom. The molecule has 2 aromatic rings. The Hall–Kier alpha value is -2.75. The van der Waals surface area contributed by atoms with Crippen LogP contribution >= 0.6 is 11.3 Å². The van der Waals surface area contributed by atoms with E-state index in [2.05, 4.69) is 10.3 Å². The third-order valence-corrected chi connectivity index (χ3v) is 3.52. The number of nitrogens with two attached hydrogens (primary N) is 1. The number of nitrogens with zero attached hydrogens (tertiary/aromatic N) is 3. The molecule has 0 radical (unpaired) electrons. The van der Waals surface area contributed by atoms with Gasteiger partial charge in [0.25, 0.3) is 5.91 Å². The van der Waals surface area contributed by atoms with Crippen LogP contribution in [0, 0.1) is 0 Å². The summed E-state index contributed by atoms with van der Waals surface area (Å²) < 4.78 is 1.15. The van der Waals surface area contributed by atoms with Crippen molar-refractivity contribution in [2.24, 2.45) is 5.73 Å². The number of urea groups is 1. The highest BCUT2D eigenvalue weighted by Gasteiger charge is 2.27. The molecule has 0 aromatic carbocycles. The summed E-state index contributed by atoms with van der Waals surface area (Å²) in [6.45, 7) is 1.45. The molecule has 0 aliphatic rings. The monoisotopic (exact) mass is 309 g/mol. The third-order valence-electron chi connectivity index (χ3n) is 2.64. The molecule has 2 aromatic heterocycles. The Morgan fingerprint density at radius 2 is 2.19 bits per heavy atom. The molecule has 1 unspecified atom stereocenters. The average molecular weight is 309 g/mol. The van der Waals surface area contributed by atoms with Gasteiger partial charge in [-0.25, -0.2) is 14.3 Å². The van der Waals surface area contributed by atoms with E-state index in [0.29, 0.717) is 4.88 Å². The number of carbonyl (C=O) groups is 3. The van der Waals surface area contributed by atoms with Crippen LogP contribution in [-0.4, -0.2) is 38.0 Å². The molecule has 0 fully saturated rings. The maximum Gasteiger partial charge on any atom is 0.358 e. The lowest BCUT2D eigenvalue weighted by molar-refractivity contribution is -0.122. The zero-order valence-corrected chi connectivity index (χ0v) is 11.6. The molecule has 0 aliphatic carbocycles. The molecule has 0 saturated carbocycles. The van der Waals surface area contributed by atoms with Gasteiger partial charge in [-0.05, 0) is 18.4 Å². The first-order valence-electron chi connectivity index (χ1n) is 5.74. The largest absolute Gasteiger partial charge is 0.476 e. The van der Waals surface area contributed by atoms with E-state index < -0.39 is 23.9 Å². The molecule has 0 spiro atoms. The van der Waals surface area contributed by atoms with Gasteiger partial charge in [-0.2, -0.15) is 0 Å². The first-order chi connectivity index (χ1) is 9.91. The van der Waals surface area contributed by atoms with Gasteiger partial charge in [-0.1, -0.05) is 11.3 Å². The SMILES string of the molecule is CC(C(=O)NC(N)=O)n1nnc(C(=O)O)c1-c1cccs1. The summed E-state index contributed by atoms with van der Waals surface area (Å²) in [5.74, 6) is -1.96. The Kier molecular flexibility index (Phi) is 3.98. The van der Waals surface area contributed by atoms with Gasteiger partial charge in [-0.3, -0.25) is 10.1 Å². The van der Waals surface area contributed by atoms with Crippen LogP contribution in [0.4, 0.5) is 4.79 Å². The maximum atomic E-state index is 11.8. The van der Waals surface area contributed by atoms with Crippen LogP contribution in [0.1, 0.15) is 23.5 Å². The minimum atomic E-state index is -1.26. The van der Waals surface area contributed by atoms with Crippen molar-refractivity contribution < 1.29 is 19.5 Å². The van der Waals surface area contributed by atoms with Gasteiger partial charge in [0, 0.05) is 0 Å². The Bertz CT molecular complexity index is 694. The number of hydrogen-bond donors (Lipinski definition) is 3. The van der Waals surface area contributed by atoms with E-state index in [1.807, 2.05) is 5.32 Å². The molecule has 1 atom stereocenters. The summed E-state index contributed by atoms with van der Waals surface area (Å²) >= 11 is 1.28. The number of amides is 3. The molecule has 3 amide bonds. The summed E-state index contributed by atoms with van der Waals surface area (Å²) in [4.78, 5) is 34.3. The van der Waals surface area contributed by atoms with Crippen LogP contribution in [0.5, 0.6) is 0 Å². The minimum Gasteiger partial charge on any atom is -0.476 e. The number of carboxylic acid groups (broad SMARTS) is 1. The van der Waals surface area contributed by atoms with Crippen LogP contribution in [0.3, 0.4) is 0 Å².